The summed E-state index contributed by atoms with van der Waals surface area (Å²) >= 11 is 0. The highest BCUT2D eigenvalue weighted by Crippen LogP contribution is 2.37. The summed E-state index contributed by atoms with van der Waals surface area (Å²) in [5.41, 5.74) is 0.0641. The van der Waals surface area contributed by atoms with Crippen molar-refractivity contribution in [2.24, 2.45) is 0 Å². The van der Waals surface area contributed by atoms with E-state index in [9.17, 15) is 18.0 Å². The van der Waals surface area contributed by atoms with Crippen molar-refractivity contribution < 1.29 is 22.7 Å². The second-order valence-electron chi connectivity index (χ2n) is 7.05. The van der Waals surface area contributed by atoms with Crippen molar-refractivity contribution in [3.05, 3.63) is 35.9 Å². The predicted octanol–water partition coefficient (Wildman–Crippen LogP) is 1.93. The Labute approximate surface area is 155 Å². The Balaban J connectivity index is 2.20. The van der Waals surface area contributed by atoms with E-state index in [1.165, 1.54) is 14.0 Å². The molecule has 0 saturated carbocycles. The monoisotopic (exact) mass is 381 g/mol. The third-order valence-electron chi connectivity index (χ3n) is 5.33. The van der Waals surface area contributed by atoms with Gasteiger partial charge in [0.2, 0.25) is 5.91 Å². The lowest BCUT2D eigenvalue weighted by molar-refractivity contribution is -0.151. The van der Waals surface area contributed by atoms with Gasteiger partial charge in [-0.15, -0.1) is 0 Å². The molecule has 7 heteroatoms. The Morgan fingerprint density at radius 3 is 2.08 bits per heavy atom. The van der Waals surface area contributed by atoms with Gasteiger partial charge >= 0.3 is 5.97 Å². The van der Waals surface area contributed by atoms with Gasteiger partial charge in [-0.05, 0) is 39.2 Å². The molecule has 1 atom stereocenters. The zero-order valence-corrected chi connectivity index (χ0v) is 16.6. The number of sulfone groups is 1. The zero-order chi connectivity index (χ0) is 19.5. The van der Waals surface area contributed by atoms with Gasteiger partial charge in [0.15, 0.2) is 9.84 Å². The van der Waals surface area contributed by atoms with E-state index in [4.69, 9.17) is 4.74 Å². The zero-order valence-electron chi connectivity index (χ0n) is 15.8. The highest BCUT2D eigenvalue weighted by molar-refractivity contribution is 7.93. The summed E-state index contributed by atoms with van der Waals surface area (Å²) < 4.78 is 29.6. The molecule has 0 aliphatic carbocycles. The van der Waals surface area contributed by atoms with Crippen molar-refractivity contribution in [2.75, 3.05) is 20.2 Å². The third-order valence-corrected chi connectivity index (χ3v) is 7.83. The van der Waals surface area contributed by atoms with Crippen molar-refractivity contribution >= 4 is 21.7 Å². The Morgan fingerprint density at radius 2 is 1.62 bits per heavy atom. The smallest absolute Gasteiger partial charge is 0.316 e. The SMILES string of the molecule is COC(=O)C1(c2ccccc2)CCN(C(=O)[C@H](C)S(=O)(=O)C(C)C)CC1. The van der Waals surface area contributed by atoms with Gasteiger partial charge in [0.05, 0.1) is 17.8 Å². The molecular formula is C19H27NO5S. The first-order valence-electron chi connectivity index (χ1n) is 8.82. The van der Waals surface area contributed by atoms with Gasteiger partial charge in [0, 0.05) is 13.1 Å². The Hall–Kier alpha value is -1.89. The number of methoxy groups -OCH3 is 1. The number of hydrogen-bond donors (Lipinski definition) is 0. The Morgan fingerprint density at radius 1 is 1.08 bits per heavy atom. The molecule has 144 valence electrons. The van der Waals surface area contributed by atoms with Crippen LogP contribution in [-0.2, 0) is 29.6 Å². The number of benzene rings is 1. The van der Waals surface area contributed by atoms with Gasteiger partial charge in [-0.1, -0.05) is 30.3 Å². The van der Waals surface area contributed by atoms with E-state index in [2.05, 4.69) is 0 Å². The molecule has 0 aromatic heterocycles. The van der Waals surface area contributed by atoms with Gasteiger partial charge in [0.25, 0.3) is 0 Å². The summed E-state index contributed by atoms with van der Waals surface area (Å²) in [7, 11) is -2.15. The van der Waals surface area contributed by atoms with Gasteiger partial charge in [0.1, 0.15) is 5.25 Å². The number of carbonyl (C=O) groups excluding carboxylic acids is 2. The molecule has 0 bridgehead atoms. The van der Waals surface area contributed by atoms with Crippen molar-refractivity contribution in [2.45, 2.75) is 49.5 Å². The number of likely N-dealkylation sites (tertiary alicyclic amines) is 1. The fourth-order valence-electron chi connectivity index (χ4n) is 3.48. The van der Waals surface area contributed by atoms with Crippen LogP contribution in [0.2, 0.25) is 0 Å². The van der Waals surface area contributed by atoms with Crippen LogP contribution in [0, 0.1) is 0 Å². The van der Waals surface area contributed by atoms with E-state index in [0.29, 0.717) is 25.9 Å². The number of hydrogen-bond acceptors (Lipinski definition) is 5. The Kier molecular flexibility index (Phi) is 6.11. The van der Waals surface area contributed by atoms with Crippen LogP contribution in [0.15, 0.2) is 30.3 Å². The lowest BCUT2D eigenvalue weighted by Gasteiger charge is -2.40. The maximum absolute atomic E-state index is 12.7. The molecule has 0 unspecified atom stereocenters. The maximum Gasteiger partial charge on any atom is 0.316 e. The van der Waals surface area contributed by atoms with E-state index in [1.54, 1.807) is 18.7 Å². The van der Waals surface area contributed by atoms with Crippen LogP contribution in [-0.4, -0.2) is 55.9 Å². The van der Waals surface area contributed by atoms with E-state index in [0.717, 1.165) is 5.56 Å². The van der Waals surface area contributed by atoms with Gasteiger partial charge in [-0.2, -0.15) is 0 Å². The first-order valence-corrected chi connectivity index (χ1v) is 10.4. The van der Waals surface area contributed by atoms with Crippen LogP contribution in [0.5, 0.6) is 0 Å². The normalized spacial score (nSPS) is 18.4. The largest absolute Gasteiger partial charge is 0.468 e. The quantitative estimate of drug-likeness (QED) is 0.728. The molecular weight excluding hydrogens is 354 g/mol. The number of ether oxygens (including phenoxy) is 1. The summed E-state index contributed by atoms with van der Waals surface area (Å²) in [4.78, 5) is 26.7. The van der Waals surface area contributed by atoms with Gasteiger partial charge in [-0.3, -0.25) is 9.59 Å². The minimum Gasteiger partial charge on any atom is -0.468 e. The predicted molar refractivity (Wildman–Crippen MR) is 99.5 cm³/mol. The van der Waals surface area contributed by atoms with Crippen LogP contribution in [0.1, 0.15) is 39.2 Å². The number of amides is 1. The standard InChI is InChI=1S/C19H27NO5S/c1-14(2)26(23,24)15(3)17(21)20-12-10-19(11-13-20,18(22)25-4)16-8-6-5-7-9-16/h5-9,14-15H,10-13H2,1-4H3/t15-/m0/s1. The van der Waals surface area contributed by atoms with Crippen molar-refractivity contribution in [1.29, 1.82) is 0 Å². The van der Waals surface area contributed by atoms with Crippen LogP contribution >= 0.6 is 0 Å². The molecule has 1 aromatic carbocycles. The molecule has 1 aromatic rings. The van der Waals surface area contributed by atoms with E-state index in [-0.39, 0.29) is 5.97 Å². The van der Waals surface area contributed by atoms with Gasteiger partial charge < -0.3 is 9.64 Å². The summed E-state index contributed by atoms with van der Waals surface area (Å²) in [5.74, 6) is -0.719. The number of rotatable bonds is 5. The second-order valence-corrected chi connectivity index (χ2v) is 9.87. The lowest BCUT2D eigenvalue weighted by atomic mass is 9.72. The fraction of sp³-hybridized carbons (Fsp3) is 0.579. The third kappa shape index (κ3) is 3.63. The van der Waals surface area contributed by atoms with Crippen LogP contribution in [0.3, 0.4) is 0 Å². The fourth-order valence-corrected chi connectivity index (χ4v) is 4.72. The summed E-state index contributed by atoms with van der Waals surface area (Å²) in [5, 5.41) is -1.69. The topological polar surface area (TPSA) is 80.8 Å². The average Bonchev–Trinajstić information content (AvgIpc) is 2.66. The number of esters is 1. The first kappa shape index (κ1) is 20.4. The summed E-state index contributed by atoms with van der Waals surface area (Å²) in [6, 6.07) is 9.40. The Bertz CT molecular complexity index is 749. The molecule has 1 aliphatic rings. The van der Waals surface area contributed by atoms with Gasteiger partial charge in [-0.25, -0.2) is 8.42 Å². The number of carbonyl (C=O) groups is 2. The van der Waals surface area contributed by atoms with Crippen molar-refractivity contribution in [1.82, 2.24) is 4.90 Å². The van der Waals surface area contributed by atoms with Crippen molar-refractivity contribution in [3.8, 4) is 0 Å². The minimum atomic E-state index is -3.51. The van der Waals surface area contributed by atoms with Crippen molar-refractivity contribution in [3.63, 3.8) is 0 Å². The van der Waals surface area contributed by atoms with Crippen LogP contribution in [0.4, 0.5) is 0 Å². The molecule has 1 fully saturated rings. The molecule has 0 radical (unpaired) electrons. The summed E-state index contributed by atoms with van der Waals surface area (Å²) in [6.07, 6.45) is 0.813. The number of piperidine rings is 1. The van der Waals surface area contributed by atoms with Crippen LogP contribution in [0.25, 0.3) is 0 Å². The highest BCUT2D eigenvalue weighted by Gasteiger charge is 2.46. The maximum atomic E-state index is 12.7. The average molecular weight is 381 g/mol. The first-order chi connectivity index (χ1) is 12.2. The van der Waals surface area contributed by atoms with E-state index < -0.39 is 31.7 Å². The van der Waals surface area contributed by atoms with Crippen LogP contribution < -0.4 is 0 Å². The second kappa shape index (κ2) is 7.78. The lowest BCUT2D eigenvalue weighted by Crippen LogP contribution is -2.52. The molecule has 1 aliphatic heterocycles. The molecule has 1 amide bonds. The van der Waals surface area contributed by atoms with E-state index >= 15 is 0 Å². The number of nitrogens with zero attached hydrogens (tertiary/aromatic N) is 1. The van der Waals surface area contributed by atoms with E-state index in [1.807, 2.05) is 30.3 Å². The molecule has 1 heterocycles. The molecule has 0 N–H and O–H groups in total. The molecule has 26 heavy (non-hydrogen) atoms. The highest BCUT2D eigenvalue weighted by atomic mass is 32.2. The molecule has 2 rings (SSSR count). The summed E-state index contributed by atoms with van der Waals surface area (Å²) in [6.45, 7) is 5.23. The molecule has 0 spiro atoms. The molecule has 1 saturated heterocycles. The molecule has 6 nitrogen and oxygen atoms in total. The minimum absolute atomic E-state index is 0.320.